The summed E-state index contributed by atoms with van der Waals surface area (Å²) in [5.41, 5.74) is 2.75. The number of nitrogens with two attached hydrogens (primary N) is 1. The van der Waals surface area contributed by atoms with E-state index < -0.39 is 0 Å². The first-order valence-electron chi connectivity index (χ1n) is 4.20. The predicted molar refractivity (Wildman–Crippen MR) is 61.7 cm³/mol. The fourth-order valence-corrected chi connectivity index (χ4v) is 2.73. The zero-order valence-corrected chi connectivity index (χ0v) is 10.2. The van der Waals surface area contributed by atoms with Gasteiger partial charge < -0.3 is 4.74 Å². The number of methoxy groups -OCH3 is 1. The molecular formula is C8H13N3O2S2. The van der Waals surface area contributed by atoms with Gasteiger partial charge in [0.05, 0.1) is 12.3 Å². The molecule has 0 saturated heterocycles. The number of thiazole rings is 1. The van der Waals surface area contributed by atoms with E-state index >= 15 is 0 Å². The van der Waals surface area contributed by atoms with Gasteiger partial charge in [-0.3, -0.25) is 10.2 Å². The Labute approximate surface area is 96.4 Å². The number of nitrogens with one attached hydrogen (secondary N) is 1. The molecule has 0 aliphatic carbocycles. The Hall–Kier alpha value is -0.630. The van der Waals surface area contributed by atoms with E-state index in [0.717, 1.165) is 10.8 Å². The molecule has 0 saturated carbocycles. The highest BCUT2D eigenvalue weighted by molar-refractivity contribution is 7.97. The van der Waals surface area contributed by atoms with Crippen molar-refractivity contribution in [1.29, 1.82) is 0 Å². The Morgan fingerprint density at radius 3 is 3.00 bits per heavy atom. The zero-order valence-electron chi connectivity index (χ0n) is 8.57. The van der Waals surface area contributed by atoms with Crippen molar-refractivity contribution in [2.75, 3.05) is 13.4 Å². The molecule has 0 aromatic carbocycles. The minimum atomic E-state index is -0.313. The van der Waals surface area contributed by atoms with Crippen molar-refractivity contribution in [2.24, 2.45) is 5.84 Å². The number of nitrogens with zero attached hydrogens (tertiary/aromatic N) is 1. The number of hydrazine groups is 1. The van der Waals surface area contributed by atoms with Crippen LogP contribution < -0.4 is 11.3 Å². The predicted octanol–water partition coefficient (Wildman–Crippen LogP) is 0.756. The summed E-state index contributed by atoms with van der Waals surface area (Å²) in [5, 5.41) is 0.910. The molecule has 7 heteroatoms. The third kappa shape index (κ3) is 3.16. The highest BCUT2D eigenvalue weighted by atomic mass is 32.2. The zero-order chi connectivity index (χ0) is 11.3. The molecule has 1 amide bonds. The van der Waals surface area contributed by atoms with Crippen molar-refractivity contribution in [2.45, 2.75) is 12.4 Å². The maximum absolute atomic E-state index is 11.4. The van der Waals surface area contributed by atoms with E-state index in [-0.39, 0.29) is 5.91 Å². The van der Waals surface area contributed by atoms with Gasteiger partial charge in [-0.25, -0.2) is 10.8 Å². The first-order chi connectivity index (χ1) is 7.22. The fourth-order valence-electron chi connectivity index (χ4n) is 1.06. The largest absolute Gasteiger partial charge is 0.378 e. The number of hydrogen-bond acceptors (Lipinski definition) is 6. The Bertz CT molecular complexity index is 341. The Kier molecular flexibility index (Phi) is 5.03. The number of amides is 1. The number of carbonyl (C=O) groups is 1. The number of ether oxygens (including phenoxy) is 1. The van der Waals surface area contributed by atoms with E-state index in [0.29, 0.717) is 17.2 Å². The molecule has 3 N–H and O–H groups in total. The molecule has 0 unspecified atom stereocenters. The summed E-state index contributed by atoms with van der Waals surface area (Å²) >= 11 is 3.01. The van der Waals surface area contributed by atoms with Gasteiger partial charge in [0.2, 0.25) is 0 Å². The number of rotatable bonds is 5. The van der Waals surface area contributed by atoms with Gasteiger partial charge in [0, 0.05) is 12.9 Å². The monoisotopic (exact) mass is 247 g/mol. The average molecular weight is 247 g/mol. The molecule has 15 heavy (non-hydrogen) atoms. The van der Waals surface area contributed by atoms with Gasteiger partial charge in [-0.2, -0.15) is 11.8 Å². The topological polar surface area (TPSA) is 77.2 Å². The maximum Gasteiger partial charge on any atom is 0.277 e. The number of thioether (sulfide) groups is 1. The lowest BCUT2D eigenvalue weighted by Gasteiger charge is -1.98. The van der Waals surface area contributed by atoms with E-state index in [2.05, 4.69) is 10.4 Å². The van der Waals surface area contributed by atoms with Crippen LogP contribution in [0.1, 0.15) is 20.4 Å². The van der Waals surface area contributed by atoms with Crippen LogP contribution in [0.5, 0.6) is 0 Å². The SMILES string of the molecule is COCc1nc(CSC)sc1C(=O)NN. The van der Waals surface area contributed by atoms with Crippen LogP contribution in [0.4, 0.5) is 0 Å². The summed E-state index contributed by atoms with van der Waals surface area (Å²) in [6.45, 7) is 0.327. The minimum Gasteiger partial charge on any atom is -0.378 e. The number of nitrogen functional groups attached to an aromatic ring is 1. The fraction of sp³-hybridized carbons (Fsp3) is 0.500. The molecule has 1 aromatic rings. The Balaban J connectivity index is 2.94. The third-order valence-electron chi connectivity index (χ3n) is 1.63. The van der Waals surface area contributed by atoms with Gasteiger partial charge in [0.1, 0.15) is 9.88 Å². The van der Waals surface area contributed by atoms with Gasteiger partial charge in [-0.05, 0) is 6.26 Å². The molecule has 1 aromatic heterocycles. The van der Waals surface area contributed by atoms with Crippen LogP contribution in [0.2, 0.25) is 0 Å². The van der Waals surface area contributed by atoms with Gasteiger partial charge in [0.15, 0.2) is 0 Å². The normalized spacial score (nSPS) is 10.3. The number of hydrogen-bond donors (Lipinski definition) is 2. The van der Waals surface area contributed by atoms with Crippen LogP contribution in [0.15, 0.2) is 0 Å². The molecule has 5 nitrogen and oxygen atoms in total. The average Bonchev–Trinajstić information content (AvgIpc) is 2.61. The van der Waals surface area contributed by atoms with E-state index in [1.165, 1.54) is 11.3 Å². The molecule has 84 valence electrons. The van der Waals surface area contributed by atoms with Gasteiger partial charge >= 0.3 is 0 Å². The molecule has 0 aliphatic heterocycles. The van der Waals surface area contributed by atoms with Crippen molar-refractivity contribution in [3.05, 3.63) is 15.6 Å². The summed E-state index contributed by atoms with van der Waals surface area (Å²) in [7, 11) is 1.57. The second kappa shape index (κ2) is 6.06. The third-order valence-corrected chi connectivity index (χ3v) is 3.47. The Morgan fingerprint density at radius 1 is 1.73 bits per heavy atom. The lowest BCUT2D eigenvalue weighted by Crippen LogP contribution is -2.30. The summed E-state index contributed by atoms with van der Waals surface area (Å²) in [6, 6.07) is 0. The van der Waals surface area contributed by atoms with Crippen molar-refractivity contribution in [3.8, 4) is 0 Å². The lowest BCUT2D eigenvalue weighted by molar-refractivity contribution is 0.0952. The summed E-state index contributed by atoms with van der Waals surface area (Å²) < 4.78 is 4.97. The molecule has 1 heterocycles. The van der Waals surface area contributed by atoms with Crippen LogP contribution in [0, 0.1) is 0 Å². The molecule has 0 aliphatic rings. The van der Waals surface area contributed by atoms with Crippen molar-refractivity contribution in [3.63, 3.8) is 0 Å². The highest BCUT2D eigenvalue weighted by Gasteiger charge is 2.16. The van der Waals surface area contributed by atoms with Gasteiger partial charge in [-0.1, -0.05) is 0 Å². The first-order valence-corrected chi connectivity index (χ1v) is 6.41. The van der Waals surface area contributed by atoms with Crippen LogP contribution >= 0.6 is 23.1 Å². The van der Waals surface area contributed by atoms with Crippen molar-refractivity contribution >= 4 is 29.0 Å². The van der Waals surface area contributed by atoms with Gasteiger partial charge in [0.25, 0.3) is 5.91 Å². The smallest absolute Gasteiger partial charge is 0.277 e. The Morgan fingerprint density at radius 2 is 2.47 bits per heavy atom. The standard InChI is InChI=1S/C8H13N3O2S2/c1-13-3-5-7(8(12)11-9)15-6(10-5)4-14-2/h3-4,9H2,1-2H3,(H,11,12). The molecular weight excluding hydrogens is 234 g/mol. The van der Waals surface area contributed by atoms with Crippen molar-refractivity contribution < 1.29 is 9.53 Å². The first kappa shape index (κ1) is 12.4. The summed E-state index contributed by atoms with van der Waals surface area (Å²) in [6.07, 6.45) is 1.99. The second-order valence-electron chi connectivity index (χ2n) is 2.72. The maximum atomic E-state index is 11.4. The van der Waals surface area contributed by atoms with E-state index in [1.54, 1.807) is 18.9 Å². The van der Waals surface area contributed by atoms with Crippen LogP contribution in [0.25, 0.3) is 0 Å². The van der Waals surface area contributed by atoms with E-state index in [1.807, 2.05) is 6.26 Å². The van der Waals surface area contributed by atoms with E-state index in [9.17, 15) is 4.79 Å². The van der Waals surface area contributed by atoms with Crippen molar-refractivity contribution in [1.82, 2.24) is 10.4 Å². The summed E-state index contributed by atoms with van der Waals surface area (Å²) in [4.78, 5) is 16.2. The van der Waals surface area contributed by atoms with E-state index in [4.69, 9.17) is 10.6 Å². The van der Waals surface area contributed by atoms with Crippen LogP contribution in [0.3, 0.4) is 0 Å². The quantitative estimate of drug-likeness (QED) is 0.456. The molecule has 0 bridgehead atoms. The van der Waals surface area contributed by atoms with Crippen LogP contribution in [-0.2, 0) is 17.1 Å². The number of aromatic nitrogens is 1. The van der Waals surface area contributed by atoms with Crippen LogP contribution in [-0.4, -0.2) is 24.3 Å². The van der Waals surface area contributed by atoms with Gasteiger partial charge in [-0.15, -0.1) is 11.3 Å². The summed E-state index contributed by atoms with van der Waals surface area (Å²) in [5.74, 6) is 5.56. The molecule has 0 atom stereocenters. The molecule has 0 fully saturated rings. The lowest BCUT2D eigenvalue weighted by atomic mass is 10.3. The molecule has 1 rings (SSSR count). The highest BCUT2D eigenvalue weighted by Crippen LogP contribution is 2.22. The minimum absolute atomic E-state index is 0.313. The molecule has 0 radical (unpaired) electrons. The number of carbonyl (C=O) groups excluding carboxylic acids is 1. The molecule has 0 spiro atoms. The second-order valence-corrected chi connectivity index (χ2v) is 4.67.